The van der Waals surface area contributed by atoms with Gasteiger partial charge in [-0.15, -0.1) is 0 Å². The first kappa shape index (κ1) is 25.8. The van der Waals surface area contributed by atoms with Crippen LogP contribution in [0.2, 0.25) is 0 Å². The highest BCUT2D eigenvalue weighted by atomic mass is 19.4. The van der Waals surface area contributed by atoms with Gasteiger partial charge in [0.15, 0.2) is 0 Å². The number of hydrogen-bond acceptors (Lipinski definition) is 3. The summed E-state index contributed by atoms with van der Waals surface area (Å²) in [7, 11) is 0. The first-order chi connectivity index (χ1) is 19.0. The maximum Gasteiger partial charge on any atom is 0.417 e. The highest BCUT2D eigenvalue weighted by molar-refractivity contribution is 6.04. The largest absolute Gasteiger partial charge is 0.417 e. The summed E-state index contributed by atoms with van der Waals surface area (Å²) in [5.41, 5.74) is 1.05. The third kappa shape index (κ3) is 4.65. The number of anilines is 2. The number of carbonyl (C=O) groups excluding carboxylic acids is 1. The first-order valence-corrected chi connectivity index (χ1v) is 12.4. The van der Waals surface area contributed by atoms with Gasteiger partial charge in [0.2, 0.25) is 0 Å². The van der Waals surface area contributed by atoms with Crippen LogP contribution in [0.1, 0.15) is 35.4 Å². The third-order valence-corrected chi connectivity index (χ3v) is 7.31. The molecule has 204 valence electrons. The van der Waals surface area contributed by atoms with Crippen molar-refractivity contribution in [1.82, 2.24) is 9.97 Å². The smallest absolute Gasteiger partial charge is 0.307 e. The van der Waals surface area contributed by atoms with E-state index in [4.69, 9.17) is 0 Å². The van der Waals surface area contributed by atoms with E-state index in [0.29, 0.717) is 28.5 Å². The van der Waals surface area contributed by atoms with Crippen molar-refractivity contribution in [2.75, 3.05) is 10.2 Å². The Kier molecular flexibility index (Phi) is 6.04. The lowest BCUT2D eigenvalue weighted by Gasteiger charge is -2.35. The zero-order valence-electron chi connectivity index (χ0n) is 20.6. The molecule has 2 aromatic carbocycles. The number of nitrogens with zero attached hydrogens (tertiary/aromatic N) is 3. The first-order valence-electron chi connectivity index (χ1n) is 12.4. The molecule has 2 aromatic heterocycles. The zero-order valence-corrected chi connectivity index (χ0v) is 20.6. The molecule has 0 saturated heterocycles. The van der Waals surface area contributed by atoms with Crippen molar-refractivity contribution in [1.29, 1.82) is 0 Å². The Morgan fingerprint density at radius 1 is 0.800 bits per heavy atom. The van der Waals surface area contributed by atoms with Crippen LogP contribution < -0.4 is 10.2 Å². The highest BCUT2D eigenvalue weighted by Crippen LogP contribution is 2.51. The topological polar surface area (TPSA) is 58.1 Å². The maximum absolute atomic E-state index is 13.5. The molecule has 1 N–H and O–H groups in total. The van der Waals surface area contributed by atoms with Crippen LogP contribution in [0.15, 0.2) is 79.0 Å². The van der Waals surface area contributed by atoms with E-state index in [1.165, 1.54) is 12.1 Å². The fraction of sp³-hybridized carbons (Fsp3) is 0.207. The van der Waals surface area contributed by atoms with E-state index in [1.807, 2.05) is 6.07 Å². The minimum Gasteiger partial charge on any atom is -0.307 e. The standard InChI is InChI=1S/C29H20F6N4O/c30-28(31,32)18-5-1-3-16(13-18)24-11-8-22-21-9-12-25(21)39(26(22)38-24)27(40)37-20-6-2-4-17(14-20)23-10-7-19(15-36-23)29(33,34)35/h1-8,10-11,13-15,21,25H,9,12H2,(H,37,40). The number of halogens is 6. The number of carbonyl (C=O) groups is 1. The van der Waals surface area contributed by atoms with E-state index in [1.54, 1.807) is 41.3 Å². The van der Waals surface area contributed by atoms with Crippen LogP contribution in [0.25, 0.3) is 22.5 Å². The zero-order chi connectivity index (χ0) is 28.2. The number of fused-ring (bicyclic) bond motifs is 3. The summed E-state index contributed by atoms with van der Waals surface area (Å²) in [5, 5.41) is 2.83. The Hall–Kier alpha value is -4.41. The van der Waals surface area contributed by atoms with Crippen molar-refractivity contribution >= 4 is 17.5 Å². The van der Waals surface area contributed by atoms with Gasteiger partial charge >= 0.3 is 18.4 Å². The van der Waals surface area contributed by atoms with Gasteiger partial charge in [0.05, 0.1) is 22.5 Å². The van der Waals surface area contributed by atoms with Crippen LogP contribution >= 0.6 is 0 Å². The Balaban J connectivity index is 1.27. The summed E-state index contributed by atoms with van der Waals surface area (Å²) in [6.07, 6.45) is -6.62. The number of alkyl halides is 6. The second-order valence-electron chi connectivity index (χ2n) is 9.75. The van der Waals surface area contributed by atoms with Crippen molar-refractivity contribution in [3.63, 3.8) is 0 Å². The van der Waals surface area contributed by atoms with E-state index in [9.17, 15) is 31.1 Å². The Labute approximate surface area is 224 Å². The summed E-state index contributed by atoms with van der Waals surface area (Å²) in [6.45, 7) is 0. The van der Waals surface area contributed by atoms with E-state index in [-0.39, 0.29) is 17.5 Å². The molecule has 2 aliphatic rings. The Morgan fingerprint density at radius 2 is 1.50 bits per heavy atom. The quantitative estimate of drug-likeness (QED) is 0.260. The van der Waals surface area contributed by atoms with Crippen LogP contribution in [-0.4, -0.2) is 22.0 Å². The number of amides is 2. The molecule has 6 rings (SSSR count). The lowest BCUT2D eigenvalue weighted by molar-refractivity contribution is -0.138. The van der Waals surface area contributed by atoms with Crippen molar-refractivity contribution < 1.29 is 31.1 Å². The molecule has 1 saturated carbocycles. The molecule has 1 aliphatic heterocycles. The molecule has 2 unspecified atom stereocenters. The predicted molar refractivity (Wildman–Crippen MR) is 137 cm³/mol. The Bertz CT molecular complexity index is 1600. The molecule has 0 spiro atoms. The van der Waals surface area contributed by atoms with Gasteiger partial charge in [0.25, 0.3) is 0 Å². The third-order valence-electron chi connectivity index (χ3n) is 7.31. The molecule has 0 radical (unpaired) electrons. The summed E-state index contributed by atoms with van der Waals surface area (Å²) in [4.78, 5) is 23.6. The molecule has 1 aliphatic carbocycles. The van der Waals surface area contributed by atoms with Crippen LogP contribution in [0.5, 0.6) is 0 Å². The van der Waals surface area contributed by atoms with Gasteiger partial charge in [0, 0.05) is 40.5 Å². The lowest BCUT2D eigenvalue weighted by atomic mass is 9.78. The second kappa shape index (κ2) is 9.35. The van der Waals surface area contributed by atoms with E-state index < -0.39 is 29.5 Å². The van der Waals surface area contributed by atoms with Crippen LogP contribution in [0, 0.1) is 0 Å². The molecule has 5 nitrogen and oxygen atoms in total. The van der Waals surface area contributed by atoms with Crippen LogP contribution in [0.4, 0.5) is 42.6 Å². The maximum atomic E-state index is 13.5. The monoisotopic (exact) mass is 554 g/mol. The molecule has 1 fully saturated rings. The van der Waals surface area contributed by atoms with E-state index in [2.05, 4.69) is 15.3 Å². The molecule has 4 aromatic rings. The molecule has 2 atom stereocenters. The molecule has 11 heteroatoms. The molecular weight excluding hydrogens is 534 g/mol. The van der Waals surface area contributed by atoms with Gasteiger partial charge < -0.3 is 5.32 Å². The summed E-state index contributed by atoms with van der Waals surface area (Å²) in [6, 6.07) is 16.6. The molecule has 0 bridgehead atoms. The van der Waals surface area contributed by atoms with Crippen molar-refractivity contribution in [2.24, 2.45) is 0 Å². The summed E-state index contributed by atoms with van der Waals surface area (Å²) >= 11 is 0. The molecule has 40 heavy (non-hydrogen) atoms. The highest BCUT2D eigenvalue weighted by Gasteiger charge is 2.48. The molecule has 2 amide bonds. The number of rotatable bonds is 3. The molecule has 3 heterocycles. The van der Waals surface area contributed by atoms with Crippen molar-refractivity contribution in [3.8, 4) is 22.5 Å². The van der Waals surface area contributed by atoms with Gasteiger partial charge in [-0.1, -0.05) is 30.3 Å². The van der Waals surface area contributed by atoms with Gasteiger partial charge in [0.1, 0.15) is 5.82 Å². The van der Waals surface area contributed by atoms with E-state index in [0.717, 1.165) is 42.8 Å². The average molecular weight is 554 g/mol. The average Bonchev–Trinajstić information content (AvgIpc) is 3.13. The van der Waals surface area contributed by atoms with Crippen molar-refractivity contribution in [2.45, 2.75) is 37.2 Å². The lowest BCUT2D eigenvalue weighted by Crippen LogP contribution is -2.46. The summed E-state index contributed by atoms with van der Waals surface area (Å²) in [5.74, 6) is 0.493. The van der Waals surface area contributed by atoms with Gasteiger partial charge in [-0.05, 0) is 55.3 Å². The number of aromatic nitrogens is 2. The normalized spacial score (nSPS) is 18.1. The van der Waals surface area contributed by atoms with Crippen LogP contribution in [-0.2, 0) is 12.4 Å². The number of hydrogen-bond donors (Lipinski definition) is 1. The molecular formula is C29H20F6N4O. The van der Waals surface area contributed by atoms with Crippen LogP contribution in [0.3, 0.4) is 0 Å². The SMILES string of the molecule is O=C(Nc1cccc(-c2ccc(C(F)(F)F)cn2)c1)N1c2nc(-c3cccc(C(F)(F)F)c3)ccc2C2CCC21. The fourth-order valence-electron chi connectivity index (χ4n) is 5.19. The number of pyridine rings is 2. The predicted octanol–water partition coefficient (Wildman–Crippen LogP) is 8.15. The summed E-state index contributed by atoms with van der Waals surface area (Å²) < 4.78 is 78.5. The van der Waals surface area contributed by atoms with Gasteiger partial charge in [-0.2, -0.15) is 26.3 Å². The van der Waals surface area contributed by atoms with Crippen molar-refractivity contribution in [3.05, 3.63) is 95.7 Å². The number of urea groups is 1. The minimum atomic E-state index is -4.50. The number of benzene rings is 2. The minimum absolute atomic E-state index is 0.0893. The fourth-order valence-corrected chi connectivity index (χ4v) is 5.19. The van der Waals surface area contributed by atoms with Gasteiger partial charge in [-0.25, -0.2) is 9.78 Å². The Morgan fingerprint density at radius 3 is 2.15 bits per heavy atom. The van der Waals surface area contributed by atoms with E-state index >= 15 is 0 Å². The second-order valence-corrected chi connectivity index (χ2v) is 9.75. The number of nitrogens with one attached hydrogen (secondary N) is 1. The van der Waals surface area contributed by atoms with Gasteiger partial charge in [-0.3, -0.25) is 9.88 Å².